The Labute approximate surface area is 209 Å². The summed E-state index contributed by atoms with van der Waals surface area (Å²) in [4.78, 5) is 24.8. The Hall–Kier alpha value is -2.83. The number of piperidine rings is 1. The van der Waals surface area contributed by atoms with Gasteiger partial charge in [-0.15, -0.1) is 11.3 Å². The minimum atomic E-state index is -3.00. The zero-order chi connectivity index (χ0) is 25.3. The smallest absolute Gasteiger partial charge is 0.282 e. The fourth-order valence-corrected chi connectivity index (χ4v) is 5.89. The van der Waals surface area contributed by atoms with Crippen molar-refractivity contribution in [1.82, 2.24) is 25.1 Å². The Morgan fingerprint density at radius 3 is 2.56 bits per heavy atom. The van der Waals surface area contributed by atoms with E-state index in [2.05, 4.69) is 10.6 Å². The van der Waals surface area contributed by atoms with E-state index in [1.54, 1.807) is 16.2 Å². The molecule has 0 saturated carbocycles. The van der Waals surface area contributed by atoms with Gasteiger partial charge in [0.15, 0.2) is 0 Å². The van der Waals surface area contributed by atoms with Crippen LogP contribution in [0.4, 0.5) is 17.6 Å². The molecule has 0 spiro atoms. The van der Waals surface area contributed by atoms with Gasteiger partial charge in [0.05, 0.1) is 17.3 Å². The average molecular weight is 524 g/mol. The maximum absolute atomic E-state index is 13.2. The molecule has 0 radical (unpaired) electrons. The Bertz CT molecular complexity index is 1190. The molecule has 0 bridgehead atoms. The molecule has 0 aliphatic carbocycles. The number of carbonyl (C=O) groups excluding carboxylic acids is 1. The van der Waals surface area contributed by atoms with Crippen LogP contribution in [0.25, 0.3) is 0 Å². The number of benzene rings is 1. The molecule has 12 heteroatoms. The molecule has 5 rings (SSSR count). The van der Waals surface area contributed by atoms with Crippen molar-refractivity contribution >= 4 is 17.2 Å². The van der Waals surface area contributed by atoms with Gasteiger partial charge in [-0.05, 0) is 24.5 Å². The van der Waals surface area contributed by atoms with Crippen LogP contribution in [-0.2, 0) is 21.7 Å². The number of rotatable bonds is 7. The van der Waals surface area contributed by atoms with E-state index in [0.29, 0.717) is 43.3 Å². The zero-order valence-corrected chi connectivity index (χ0v) is 20.1. The summed E-state index contributed by atoms with van der Waals surface area (Å²) >= 11 is 1.58. The summed E-state index contributed by atoms with van der Waals surface area (Å²) < 4.78 is 53.0. The zero-order valence-electron chi connectivity index (χ0n) is 19.2. The first kappa shape index (κ1) is 24.8. The first-order chi connectivity index (χ1) is 17.4. The molecule has 1 unspecified atom stereocenters. The molecule has 1 aromatic carbocycles. The van der Waals surface area contributed by atoms with E-state index in [1.807, 2.05) is 35.7 Å². The highest BCUT2D eigenvalue weighted by Gasteiger charge is 2.41. The van der Waals surface area contributed by atoms with Gasteiger partial charge in [-0.2, -0.15) is 10.6 Å². The third-order valence-corrected chi connectivity index (χ3v) is 7.82. The molecule has 2 fully saturated rings. The quantitative estimate of drug-likeness (QED) is 0.451. The fraction of sp³-hybridized carbons (Fsp3) is 0.458. The Balaban J connectivity index is 1.24. The van der Waals surface area contributed by atoms with E-state index in [9.17, 15) is 22.4 Å². The molecule has 1 atom stereocenters. The van der Waals surface area contributed by atoms with Crippen LogP contribution < -0.4 is 5.48 Å². The van der Waals surface area contributed by atoms with Gasteiger partial charge in [0, 0.05) is 30.8 Å². The van der Waals surface area contributed by atoms with Crippen molar-refractivity contribution in [2.75, 3.05) is 19.7 Å². The third kappa shape index (κ3) is 4.76. The number of hydrogen-bond acceptors (Lipinski definition) is 6. The number of amides is 1. The maximum atomic E-state index is 13.2. The molecule has 36 heavy (non-hydrogen) atoms. The van der Waals surface area contributed by atoms with E-state index in [0.717, 1.165) is 22.7 Å². The highest BCUT2D eigenvalue weighted by atomic mass is 32.1. The second-order valence-electron chi connectivity index (χ2n) is 8.95. The molecular formula is C24H25F4N5O2S. The molecule has 1 amide bonds. The second-order valence-corrected chi connectivity index (χ2v) is 9.84. The van der Waals surface area contributed by atoms with Crippen LogP contribution in [0.2, 0.25) is 0 Å². The number of nitrogens with one attached hydrogen (secondary N) is 1. The highest BCUT2D eigenvalue weighted by Crippen LogP contribution is 2.39. The van der Waals surface area contributed by atoms with Crippen molar-refractivity contribution in [3.63, 3.8) is 0 Å². The van der Waals surface area contributed by atoms with E-state index in [-0.39, 0.29) is 5.92 Å². The molecular weight excluding hydrogens is 498 g/mol. The minimum absolute atomic E-state index is 0.162. The SMILES string of the molecule is O=C(Cn1nc(C(F)F)cc1C(F)F)N1CCC(c2nc(C3(c4ccccc4)CCON3)cs2)CC1. The highest BCUT2D eigenvalue weighted by molar-refractivity contribution is 7.09. The number of aromatic nitrogens is 3. The van der Waals surface area contributed by atoms with E-state index >= 15 is 0 Å². The number of hydrogen-bond donors (Lipinski definition) is 1. The standard InChI is InChI=1S/C24H25F4N5O2S/c25-21(26)17-12-18(22(27)28)33(30-17)13-20(34)32-9-6-15(7-10-32)23-29-19(14-36-23)24(8-11-35-31-24)16-4-2-1-3-5-16/h1-5,12,14-15,21-22,31H,6-11,13H2. The lowest BCUT2D eigenvalue weighted by atomic mass is 9.85. The van der Waals surface area contributed by atoms with Crippen LogP contribution >= 0.6 is 11.3 Å². The lowest BCUT2D eigenvalue weighted by molar-refractivity contribution is -0.133. The van der Waals surface area contributed by atoms with E-state index in [4.69, 9.17) is 9.82 Å². The number of thiazole rings is 1. The molecule has 4 heterocycles. The van der Waals surface area contributed by atoms with Crippen LogP contribution in [0, 0.1) is 0 Å². The van der Waals surface area contributed by atoms with Crippen LogP contribution in [0.15, 0.2) is 41.8 Å². The first-order valence-electron chi connectivity index (χ1n) is 11.7. The van der Waals surface area contributed by atoms with Crippen LogP contribution in [0.3, 0.4) is 0 Å². The monoisotopic (exact) mass is 523 g/mol. The molecule has 3 aromatic rings. The largest absolute Gasteiger partial charge is 0.341 e. The van der Waals surface area contributed by atoms with Crippen LogP contribution in [-0.4, -0.2) is 45.3 Å². The number of nitrogens with zero attached hydrogens (tertiary/aromatic N) is 4. The molecule has 1 N–H and O–H groups in total. The maximum Gasteiger partial charge on any atom is 0.282 e. The van der Waals surface area contributed by atoms with Gasteiger partial charge in [0.25, 0.3) is 12.9 Å². The van der Waals surface area contributed by atoms with Gasteiger partial charge >= 0.3 is 0 Å². The third-order valence-electron chi connectivity index (χ3n) is 6.81. The predicted octanol–water partition coefficient (Wildman–Crippen LogP) is 4.79. The van der Waals surface area contributed by atoms with Crippen molar-refractivity contribution in [2.45, 2.75) is 50.1 Å². The molecule has 2 aliphatic heterocycles. The van der Waals surface area contributed by atoms with Crippen molar-refractivity contribution in [3.05, 3.63) is 69.4 Å². The lowest BCUT2D eigenvalue weighted by Gasteiger charge is -2.31. The second kappa shape index (κ2) is 10.3. The van der Waals surface area contributed by atoms with Crippen molar-refractivity contribution in [1.29, 1.82) is 0 Å². The van der Waals surface area contributed by atoms with Gasteiger partial charge in [-0.3, -0.25) is 9.48 Å². The molecule has 2 saturated heterocycles. The van der Waals surface area contributed by atoms with Crippen LogP contribution in [0.5, 0.6) is 0 Å². The van der Waals surface area contributed by atoms with E-state index in [1.165, 1.54) is 0 Å². The number of halogens is 4. The number of hydroxylamine groups is 1. The Kier molecular flexibility index (Phi) is 7.09. The minimum Gasteiger partial charge on any atom is -0.341 e. The topological polar surface area (TPSA) is 72.3 Å². The molecule has 7 nitrogen and oxygen atoms in total. The van der Waals surface area contributed by atoms with Gasteiger partial charge in [-0.25, -0.2) is 22.5 Å². The first-order valence-corrected chi connectivity index (χ1v) is 12.6. The fourth-order valence-electron chi connectivity index (χ4n) is 4.82. The molecule has 2 aromatic heterocycles. The normalized spacial score (nSPS) is 21.1. The Morgan fingerprint density at radius 2 is 1.92 bits per heavy atom. The van der Waals surface area contributed by atoms with Crippen molar-refractivity contribution in [2.24, 2.45) is 0 Å². The van der Waals surface area contributed by atoms with Gasteiger partial charge in [-0.1, -0.05) is 30.3 Å². The summed E-state index contributed by atoms with van der Waals surface area (Å²) in [5.74, 6) is -0.260. The summed E-state index contributed by atoms with van der Waals surface area (Å²) in [6.45, 7) is 0.932. The average Bonchev–Trinajstić information content (AvgIpc) is 3.64. The molecule has 192 valence electrons. The number of alkyl halides is 4. The summed E-state index contributed by atoms with van der Waals surface area (Å²) in [6.07, 6.45) is -3.88. The summed E-state index contributed by atoms with van der Waals surface area (Å²) in [7, 11) is 0. The lowest BCUT2D eigenvalue weighted by Crippen LogP contribution is -2.40. The number of likely N-dealkylation sites (tertiary alicyclic amines) is 1. The van der Waals surface area contributed by atoms with Gasteiger partial charge < -0.3 is 9.74 Å². The number of carbonyl (C=O) groups is 1. The van der Waals surface area contributed by atoms with Gasteiger partial charge in [0.1, 0.15) is 23.5 Å². The molecule has 2 aliphatic rings. The van der Waals surface area contributed by atoms with Crippen molar-refractivity contribution in [3.8, 4) is 0 Å². The van der Waals surface area contributed by atoms with Crippen LogP contribution in [0.1, 0.15) is 65.7 Å². The Morgan fingerprint density at radius 1 is 1.17 bits per heavy atom. The van der Waals surface area contributed by atoms with E-state index < -0.39 is 42.2 Å². The van der Waals surface area contributed by atoms with Crippen molar-refractivity contribution < 1.29 is 27.2 Å². The summed E-state index contributed by atoms with van der Waals surface area (Å²) in [5, 5.41) is 6.54. The predicted molar refractivity (Wildman–Crippen MR) is 124 cm³/mol. The summed E-state index contributed by atoms with van der Waals surface area (Å²) in [5.41, 5.74) is 3.21. The van der Waals surface area contributed by atoms with Gasteiger partial charge in [0.2, 0.25) is 5.91 Å². The summed E-state index contributed by atoms with van der Waals surface area (Å²) in [6, 6.07) is 10.7.